The number of benzene rings is 2. The van der Waals surface area contributed by atoms with Crippen LogP contribution in [0.15, 0.2) is 36.7 Å². The standard InChI is InChI=1S/C19H23ClFN3OSi/c1-26(2,3)10-9-25-12-24-11-23-19-16(24)8-7-13(17(19)20)14-5-4-6-15(22)18(14)21/h4-8,11H,9-10,12,22H2,1-3H3. The largest absolute Gasteiger partial charge is 0.396 e. The zero-order valence-electron chi connectivity index (χ0n) is 15.2. The molecule has 2 aromatic carbocycles. The number of aromatic nitrogens is 2. The van der Waals surface area contributed by atoms with Gasteiger partial charge < -0.3 is 15.0 Å². The molecule has 0 saturated carbocycles. The fourth-order valence-corrected chi connectivity index (χ4v) is 3.78. The first-order valence-corrected chi connectivity index (χ1v) is 12.6. The zero-order valence-corrected chi connectivity index (χ0v) is 17.0. The minimum Gasteiger partial charge on any atom is -0.396 e. The number of hydrogen-bond acceptors (Lipinski definition) is 3. The number of fused-ring (bicyclic) bond motifs is 1. The smallest absolute Gasteiger partial charge is 0.153 e. The molecule has 0 unspecified atom stereocenters. The summed E-state index contributed by atoms with van der Waals surface area (Å²) < 4.78 is 22.0. The van der Waals surface area contributed by atoms with E-state index in [0.29, 0.717) is 28.4 Å². The third-order valence-corrected chi connectivity index (χ3v) is 6.36. The molecule has 0 aliphatic rings. The van der Waals surface area contributed by atoms with Crippen molar-refractivity contribution in [2.24, 2.45) is 0 Å². The van der Waals surface area contributed by atoms with Gasteiger partial charge in [0.05, 0.1) is 22.6 Å². The molecule has 138 valence electrons. The van der Waals surface area contributed by atoms with Crippen LogP contribution in [0.2, 0.25) is 30.7 Å². The van der Waals surface area contributed by atoms with Crippen LogP contribution >= 0.6 is 11.6 Å². The predicted molar refractivity (Wildman–Crippen MR) is 109 cm³/mol. The molecule has 0 aliphatic heterocycles. The lowest BCUT2D eigenvalue weighted by atomic mass is 10.0. The molecular formula is C19H23ClFN3OSi. The van der Waals surface area contributed by atoms with E-state index < -0.39 is 13.9 Å². The molecule has 0 radical (unpaired) electrons. The number of imidazole rings is 1. The van der Waals surface area contributed by atoms with E-state index in [1.807, 2.05) is 10.6 Å². The summed E-state index contributed by atoms with van der Waals surface area (Å²) in [5.41, 5.74) is 8.20. The molecule has 1 heterocycles. The van der Waals surface area contributed by atoms with Gasteiger partial charge in [0.15, 0.2) is 5.82 Å². The first kappa shape index (κ1) is 18.9. The van der Waals surface area contributed by atoms with Gasteiger partial charge in [-0.25, -0.2) is 9.37 Å². The summed E-state index contributed by atoms with van der Waals surface area (Å²) in [6, 6.07) is 9.68. The molecule has 3 rings (SSSR count). The van der Waals surface area contributed by atoms with Crippen LogP contribution < -0.4 is 5.73 Å². The van der Waals surface area contributed by atoms with Crippen LogP contribution in [0.1, 0.15) is 0 Å². The van der Waals surface area contributed by atoms with Crippen molar-refractivity contribution >= 4 is 36.4 Å². The van der Waals surface area contributed by atoms with Crippen molar-refractivity contribution in [1.82, 2.24) is 9.55 Å². The summed E-state index contributed by atoms with van der Waals surface area (Å²) in [5.74, 6) is -0.470. The van der Waals surface area contributed by atoms with Crippen molar-refractivity contribution in [3.8, 4) is 11.1 Å². The van der Waals surface area contributed by atoms with Crippen molar-refractivity contribution in [1.29, 1.82) is 0 Å². The molecular weight excluding hydrogens is 369 g/mol. The van der Waals surface area contributed by atoms with Gasteiger partial charge in [-0.2, -0.15) is 0 Å². The van der Waals surface area contributed by atoms with Crippen LogP contribution in [0.4, 0.5) is 10.1 Å². The van der Waals surface area contributed by atoms with Gasteiger partial charge >= 0.3 is 0 Å². The van der Waals surface area contributed by atoms with Gasteiger partial charge in [-0.15, -0.1) is 0 Å². The maximum Gasteiger partial charge on any atom is 0.153 e. The summed E-state index contributed by atoms with van der Waals surface area (Å²) in [6.07, 6.45) is 1.70. The zero-order chi connectivity index (χ0) is 18.9. The summed E-state index contributed by atoms with van der Waals surface area (Å²) in [7, 11) is -1.11. The summed E-state index contributed by atoms with van der Waals surface area (Å²) in [4.78, 5) is 4.39. The molecule has 7 heteroatoms. The predicted octanol–water partition coefficient (Wildman–Crippen LogP) is 5.39. The number of hydrogen-bond donors (Lipinski definition) is 1. The number of ether oxygens (including phenoxy) is 1. The van der Waals surface area contributed by atoms with Crippen LogP contribution in [0.3, 0.4) is 0 Å². The van der Waals surface area contributed by atoms with E-state index >= 15 is 0 Å². The Bertz CT molecular complexity index is 936. The summed E-state index contributed by atoms with van der Waals surface area (Å²) >= 11 is 6.52. The topological polar surface area (TPSA) is 53.1 Å². The molecule has 3 aromatic rings. The van der Waals surface area contributed by atoms with E-state index in [2.05, 4.69) is 24.6 Å². The van der Waals surface area contributed by atoms with Gasteiger partial charge in [0.1, 0.15) is 12.2 Å². The molecule has 0 bridgehead atoms. The van der Waals surface area contributed by atoms with E-state index in [4.69, 9.17) is 22.1 Å². The van der Waals surface area contributed by atoms with Gasteiger partial charge in [0.25, 0.3) is 0 Å². The third kappa shape index (κ3) is 3.92. The first-order valence-electron chi connectivity index (χ1n) is 8.53. The highest BCUT2D eigenvalue weighted by Crippen LogP contribution is 2.36. The maximum atomic E-state index is 14.3. The number of anilines is 1. The van der Waals surface area contributed by atoms with E-state index in [0.717, 1.165) is 18.2 Å². The van der Waals surface area contributed by atoms with Crippen LogP contribution in [-0.4, -0.2) is 24.2 Å². The van der Waals surface area contributed by atoms with Crippen LogP contribution in [0, 0.1) is 5.82 Å². The van der Waals surface area contributed by atoms with Gasteiger partial charge in [-0.3, -0.25) is 0 Å². The molecule has 26 heavy (non-hydrogen) atoms. The molecule has 0 aliphatic carbocycles. The number of nitrogen functional groups attached to an aromatic ring is 1. The van der Waals surface area contributed by atoms with E-state index in [1.54, 1.807) is 24.5 Å². The highest BCUT2D eigenvalue weighted by molar-refractivity contribution is 6.76. The Morgan fingerprint density at radius 3 is 2.69 bits per heavy atom. The summed E-state index contributed by atoms with van der Waals surface area (Å²) in [5, 5.41) is 0.410. The second-order valence-electron chi connectivity index (χ2n) is 7.57. The van der Waals surface area contributed by atoms with Crippen LogP contribution in [-0.2, 0) is 11.5 Å². The monoisotopic (exact) mass is 391 g/mol. The van der Waals surface area contributed by atoms with Gasteiger partial charge in [-0.1, -0.05) is 49.4 Å². The van der Waals surface area contributed by atoms with Crippen LogP contribution in [0.5, 0.6) is 0 Å². The van der Waals surface area contributed by atoms with Crippen molar-refractivity contribution in [3.05, 3.63) is 47.5 Å². The maximum absolute atomic E-state index is 14.3. The number of rotatable bonds is 6. The molecule has 0 atom stereocenters. The fraction of sp³-hybridized carbons (Fsp3) is 0.316. The molecule has 0 fully saturated rings. The van der Waals surface area contributed by atoms with Crippen molar-refractivity contribution < 1.29 is 9.13 Å². The quantitative estimate of drug-likeness (QED) is 0.348. The second-order valence-corrected chi connectivity index (χ2v) is 13.6. The Morgan fingerprint density at radius 2 is 1.96 bits per heavy atom. The van der Waals surface area contributed by atoms with Crippen molar-refractivity contribution in [3.63, 3.8) is 0 Å². The van der Waals surface area contributed by atoms with Gasteiger partial charge in [-0.05, 0) is 18.2 Å². The Balaban J connectivity index is 1.86. The Labute approximate surface area is 158 Å². The minimum atomic E-state index is -1.11. The number of nitrogens with two attached hydrogens (primary N) is 1. The third-order valence-electron chi connectivity index (χ3n) is 4.28. The van der Waals surface area contributed by atoms with Gasteiger partial charge in [0, 0.05) is 25.8 Å². The fourth-order valence-electron chi connectivity index (χ4n) is 2.71. The minimum absolute atomic E-state index is 0.0972. The van der Waals surface area contributed by atoms with Gasteiger partial charge in [0.2, 0.25) is 0 Å². The normalized spacial score (nSPS) is 12.0. The van der Waals surface area contributed by atoms with E-state index in [-0.39, 0.29) is 5.69 Å². The highest BCUT2D eigenvalue weighted by Gasteiger charge is 2.16. The van der Waals surface area contributed by atoms with E-state index in [9.17, 15) is 4.39 Å². The van der Waals surface area contributed by atoms with Crippen LogP contribution in [0.25, 0.3) is 22.2 Å². The van der Waals surface area contributed by atoms with Crippen molar-refractivity contribution in [2.75, 3.05) is 12.3 Å². The average molecular weight is 392 g/mol. The number of nitrogens with zero attached hydrogens (tertiary/aromatic N) is 2. The summed E-state index contributed by atoms with van der Waals surface area (Å²) in [6.45, 7) is 8.11. The van der Waals surface area contributed by atoms with E-state index in [1.165, 1.54) is 6.07 Å². The lowest BCUT2D eigenvalue weighted by Crippen LogP contribution is -2.21. The van der Waals surface area contributed by atoms with Crippen molar-refractivity contribution in [2.45, 2.75) is 32.4 Å². The molecule has 1 aromatic heterocycles. The lowest BCUT2D eigenvalue weighted by Gasteiger charge is -2.15. The Morgan fingerprint density at radius 1 is 1.19 bits per heavy atom. The molecule has 0 spiro atoms. The average Bonchev–Trinajstić information content (AvgIpc) is 2.98. The molecule has 0 saturated heterocycles. The number of halogens is 2. The Kier molecular flexibility index (Phi) is 5.36. The molecule has 4 nitrogen and oxygen atoms in total. The lowest BCUT2D eigenvalue weighted by molar-refractivity contribution is 0.0898. The molecule has 0 amide bonds. The second kappa shape index (κ2) is 7.38. The Hall–Kier alpha value is -1.89. The first-order chi connectivity index (χ1) is 12.3. The highest BCUT2D eigenvalue weighted by atomic mass is 35.5. The SMILES string of the molecule is C[Si](C)(C)CCOCn1cnc2c(Cl)c(-c3cccc(N)c3F)ccc21. The molecule has 2 N–H and O–H groups in total.